The minimum Gasteiger partial charge on any atom is -0.496 e. The molecule has 1 aromatic rings. The van der Waals surface area contributed by atoms with E-state index in [2.05, 4.69) is 0 Å². The fourth-order valence-corrected chi connectivity index (χ4v) is 1.60. The highest BCUT2D eigenvalue weighted by molar-refractivity contribution is 5.88. The summed E-state index contributed by atoms with van der Waals surface area (Å²) in [6, 6.07) is 4.00. The van der Waals surface area contributed by atoms with Crippen LogP contribution in [-0.2, 0) is 0 Å². The van der Waals surface area contributed by atoms with Gasteiger partial charge in [0.05, 0.1) is 18.8 Å². The number of ether oxygens (including phenoxy) is 1. The SMILES string of the molecule is COc1ccc(C(=O)O)cc1C(O)C(O)CCO. The van der Waals surface area contributed by atoms with E-state index >= 15 is 0 Å². The first-order chi connectivity index (χ1) is 8.51. The number of aliphatic hydroxyl groups is 3. The molecule has 2 unspecified atom stereocenters. The van der Waals surface area contributed by atoms with E-state index in [1.165, 1.54) is 25.3 Å². The van der Waals surface area contributed by atoms with Crippen LogP contribution in [0, 0.1) is 0 Å². The highest BCUT2D eigenvalue weighted by atomic mass is 16.5. The zero-order chi connectivity index (χ0) is 13.7. The number of carbonyl (C=O) groups is 1. The van der Waals surface area contributed by atoms with Crippen molar-refractivity contribution in [1.82, 2.24) is 0 Å². The van der Waals surface area contributed by atoms with Crippen LogP contribution in [-0.4, -0.2) is 46.2 Å². The molecule has 6 heteroatoms. The van der Waals surface area contributed by atoms with Crippen molar-refractivity contribution in [1.29, 1.82) is 0 Å². The van der Waals surface area contributed by atoms with Crippen LogP contribution in [0.3, 0.4) is 0 Å². The molecule has 0 aromatic heterocycles. The van der Waals surface area contributed by atoms with E-state index in [4.69, 9.17) is 14.9 Å². The molecule has 6 nitrogen and oxygen atoms in total. The predicted octanol–water partition coefficient (Wildman–Crippen LogP) is 0.170. The third-order valence-electron chi connectivity index (χ3n) is 2.58. The molecule has 0 aliphatic rings. The summed E-state index contributed by atoms with van der Waals surface area (Å²) in [6.45, 7) is -0.279. The number of aromatic carboxylic acids is 1. The first-order valence-electron chi connectivity index (χ1n) is 5.39. The van der Waals surface area contributed by atoms with Crippen LogP contribution in [0.1, 0.15) is 28.4 Å². The quantitative estimate of drug-likeness (QED) is 0.578. The van der Waals surface area contributed by atoms with Crippen LogP contribution >= 0.6 is 0 Å². The van der Waals surface area contributed by atoms with Gasteiger partial charge in [-0.15, -0.1) is 0 Å². The van der Waals surface area contributed by atoms with Crippen LogP contribution in [0.4, 0.5) is 0 Å². The van der Waals surface area contributed by atoms with Crippen LogP contribution in [0.25, 0.3) is 0 Å². The molecule has 1 rings (SSSR count). The van der Waals surface area contributed by atoms with Gasteiger partial charge in [0.1, 0.15) is 11.9 Å². The second-order valence-corrected chi connectivity index (χ2v) is 3.79. The number of hydrogen-bond donors (Lipinski definition) is 4. The van der Waals surface area contributed by atoms with Gasteiger partial charge in [-0.1, -0.05) is 0 Å². The summed E-state index contributed by atoms with van der Waals surface area (Å²) in [7, 11) is 1.38. The molecule has 0 amide bonds. The number of benzene rings is 1. The Kier molecular flexibility index (Phi) is 5.08. The Morgan fingerprint density at radius 2 is 2.06 bits per heavy atom. The maximum absolute atomic E-state index is 10.8. The average Bonchev–Trinajstić information content (AvgIpc) is 2.37. The van der Waals surface area contributed by atoms with E-state index < -0.39 is 18.2 Å². The Balaban J connectivity index is 3.10. The van der Waals surface area contributed by atoms with Gasteiger partial charge in [-0.05, 0) is 24.6 Å². The maximum Gasteiger partial charge on any atom is 0.335 e. The van der Waals surface area contributed by atoms with Crippen molar-refractivity contribution >= 4 is 5.97 Å². The molecule has 0 aliphatic carbocycles. The average molecular weight is 256 g/mol. The molecule has 0 saturated heterocycles. The highest BCUT2D eigenvalue weighted by Crippen LogP contribution is 2.29. The van der Waals surface area contributed by atoms with Gasteiger partial charge in [-0.3, -0.25) is 0 Å². The molecule has 0 radical (unpaired) electrons. The van der Waals surface area contributed by atoms with E-state index in [9.17, 15) is 15.0 Å². The van der Waals surface area contributed by atoms with Crippen LogP contribution in [0.5, 0.6) is 5.75 Å². The number of aliphatic hydroxyl groups excluding tert-OH is 3. The van der Waals surface area contributed by atoms with E-state index in [0.717, 1.165) is 0 Å². The Morgan fingerprint density at radius 1 is 1.39 bits per heavy atom. The first kappa shape index (κ1) is 14.4. The van der Waals surface area contributed by atoms with Crippen molar-refractivity contribution < 1.29 is 30.0 Å². The molecular weight excluding hydrogens is 240 g/mol. The molecule has 0 spiro atoms. The molecule has 4 N–H and O–H groups in total. The van der Waals surface area contributed by atoms with Gasteiger partial charge in [-0.25, -0.2) is 4.79 Å². The summed E-state index contributed by atoms with van der Waals surface area (Å²) in [5.74, 6) is -0.854. The van der Waals surface area contributed by atoms with Gasteiger partial charge in [-0.2, -0.15) is 0 Å². The number of rotatable bonds is 6. The second kappa shape index (κ2) is 6.34. The van der Waals surface area contributed by atoms with Crippen LogP contribution in [0.15, 0.2) is 18.2 Å². The van der Waals surface area contributed by atoms with Gasteiger partial charge >= 0.3 is 5.97 Å². The van der Waals surface area contributed by atoms with Crippen molar-refractivity contribution in [3.05, 3.63) is 29.3 Å². The zero-order valence-electron chi connectivity index (χ0n) is 9.91. The molecule has 0 saturated carbocycles. The van der Waals surface area contributed by atoms with E-state index in [1.54, 1.807) is 0 Å². The Hall–Kier alpha value is -1.63. The third kappa shape index (κ3) is 3.19. The van der Waals surface area contributed by atoms with E-state index in [1.807, 2.05) is 0 Å². The summed E-state index contributed by atoms with van der Waals surface area (Å²) in [6.07, 6.45) is -2.51. The lowest BCUT2D eigenvalue weighted by Gasteiger charge is -2.20. The maximum atomic E-state index is 10.8. The lowest BCUT2D eigenvalue weighted by Crippen LogP contribution is -2.20. The summed E-state index contributed by atoms with van der Waals surface area (Å²) < 4.78 is 5.00. The molecule has 0 bridgehead atoms. The number of methoxy groups -OCH3 is 1. The standard InChI is InChI=1S/C12H16O6/c1-18-10-3-2-7(12(16)17)6-8(10)11(15)9(14)4-5-13/h2-3,6,9,11,13-15H,4-5H2,1H3,(H,16,17). The van der Waals surface area contributed by atoms with Gasteiger partial charge in [0.25, 0.3) is 0 Å². The molecule has 100 valence electrons. The van der Waals surface area contributed by atoms with Gasteiger partial charge < -0.3 is 25.2 Å². The number of carboxylic acid groups (broad SMARTS) is 1. The minimum absolute atomic E-state index is 0.0123. The normalized spacial score (nSPS) is 14.0. The fourth-order valence-electron chi connectivity index (χ4n) is 1.60. The van der Waals surface area contributed by atoms with Crippen molar-refractivity contribution in [2.75, 3.05) is 13.7 Å². The topological polar surface area (TPSA) is 107 Å². The molecule has 2 atom stereocenters. The van der Waals surface area contributed by atoms with E-state index in [-0.39, 0.29) is 29.9 Å². The van der Waals surface area contributed by atoms with Crippen LogP contribution in [0.2, 0.25) is 0 Å². The Morgan fingerprint density at radius 3 is 2.56 bits per heavy atom. The molecule has 0 heterocycles. The smallest absolute Gasteiger partial charge is 0.335 e. The molecule has 1 aromatic carbocycles. The van der Waals surface area contributed by atoms with Crippen molar-refractivity contribution in [2.45, 2.75) is 18.6 Å². The lowest BCUT2D eigenvalue weighted by molar-refractivity contribution is 0.00297. The molecular formula is C12H16O6. The molecule has 0 fully saturated rings. The largest absolute Gasteiger partial charge is 0.496 e. The Labute approximate surface area is 104 Å². The fraction of sp³-hybridized carbons (Fsp3) is 0.417. The number of carboxylic acids is 1. The van der Waals surface area contributed by atoms with Crippen molar-refractivity contribution in [2.24, 2.45) is 0 Å². The molecule has 18 heavy (non-hydrogen) atoms. The lowest BCUT2D eigenvalue weighted by atomic mass is 9.99. The number of hydrogen-bond acceptors (Lipinski definition) is 5. The summed E-state index contributed by atoms with van der Waals surface area (Å²) in [5.41, 5.74) is 0.166. The zero-order valence-corrected chi connectivity index (χ0v) is 9.91. The van der Waals surface area contributed by atoms with Crippen molar-refractivity contribution in [3.63, 3.8) is 0 Å². The summed E-state index contributed by atoms with van der Waals surface area (Å²) >= 11 is 0. The van der Waals surface area contributed by atoms with E-state index in [0.29, 0.717) is 0 Å². The van der Waals surface area contributed by atoms with Gasteiger partial charge in [0.2, 0.25) is 0 Å². The predicted molar refractivity (Wildman–Crippen MR) is 62.6 cm³/mol. The van der Waals surface area contributed by atoms with Gasteiger partial charge in [0.15, 0.2) is 0 Å². The van der Waals surface area contributed by atoms with Crippen LogP contribution < -0.4 is 4.74 Å². The summed E-state index contributed by atoms with van der Waals surface area (Å²) in [5, 5.41) is 37.1. The Bertz CT molecular complexity index is 417. The monoisotopic (exact) mass is 256 g/mol. The minimum atomic E-state index is -1.31. The highest BCUT2D eigenvalue weighted by Gasteiger charge is 2.22. The third-order valence-corrected chi connectivity index (χ3v) is 2.58. The second-order valence-electron chi connectivity index (χ2n) is 3.79. The van der Waals surface area contributed by atoms with Gasteiger partial charge in [0, 0.05) is 12.2 Å². The van der Waals surface area contributed by atoms with Crippen molar-refractivity contribution in [3.8, 4) is 5.75 Å². The molecule has 0 aliphatic heterocycles. The first-order valence-corrected chi connectivity index (χ1v) is 5.39. The summed E-state index contributed by atoms with van der Waals surface area (Å²) in [4.78, 5) is 10.8.